The fourth-order valence-corrected chi connectivity index (χ4v) is 4.14. The highest BCUT2D eigenvalue weighted by atomic mass is 35.5. The minimum Gasteiger partial charge on any atom is -0.508 e. The molecule has 3 aromatic carbocycles. The lowest BCUT2D eigenvalue weighted by atomic mass is 9.92. The van der Waals surface area contributed by atoms with Crippen molar-refractivity contribution in [2.75, 3.05) is 15.5 Å². The summed E-state index contributed by atoms with van der Waals surface area (Å²) in [6, 6.07) is 14.8. The van der Waals surface area contributed by atoms with Gasteiger partial charge in [-0.1, -0.05) is 23.7 Å². The molecule has 2 amide bonds. The average molecular weight is 410 g/mol. The van der Waals surface area contributed by atoms with E-state index in [4.69, 9.17) is 11.6 Å². The summed E-state index contributed by atoms with van der Waals surface area (Å²) >= 11 is 6.28. The molecule has 2 heterocycles. The third kappa shape index (κ3) is 2.34. The maximum Gasteiger partial charge on any atom is 0.276 e. The monoisotopic (exact) mass is 409 g/mol. The second-order valence-electron chi connectivity index (χ2n) is 6.80. The van der Waals surface area contributed by atoms with E-state index in [0.29, 0.717) is 22.5 Å². The van der Waals surface area contributed by atoms with E-state index in [0.717, 1.165) is 6.07 Å². The molecule has 0 saturated heterocycles. The number of phenols is 1. The standard InChI is InChI=1S/C21H13ClFN3O3/c22-15-9-11(23)5-8-18(15)26-19(28)13-3-1-2-4-16(13)25-21(26)14-7-6-12(27)10-17(14)24-20(21)29/h1-10,25,27H,(H,24,29). The largest absolute Gasteiger partial charge is 0.508 e. The van der Waals surface area contributed by atoms with Crippen molar-refractivity contribution in [2.45, 2.75) is 5.66 Å². The Morgan fingerprint density at radius 2 is 1.79 bits per heavy atom. The zero-order valence-electron chi connectivity index (χ0n) is 14.7. The summed E-state index contributed by atoms with van der Waals surface area (Å²) in [6.07, 6.45) is 0. The van der Waals surface area contributed by atoms with E-state index >= 15 is 0 Å². The van der Waals surface area contributed by atoms with Gasteiger partial charge in [-0.05, 0) is 42.5 Å². The molecule has 2 aliphatic heterocycles. The molecule has 3 N–H and O–H groups in total. The van der Waals surface area contributed by atoms with Crippen molar-refractivity contribution < 1.29 is 19.1 Å². The number of benzene rings is 3. The van der Waals surface area contributed by atoms with E-state index in [9.17, 15) is 19.1 Å². The van der Waals surface area contributed by atoms with E-state index in [1.54, 1.807) is 30.3 Å². The molecule has 0 aliphatic carbocycles. The highest BCUT2D eigenvalue weighted by Crippen LogP contribution is 2.49. The fraction of sp³-hybridized carbons (Fsp3) is 0.0476. The molecule has 0 bridgehead atoms. The molecule has 5 rings (SSSR count). The SMILES string of the molecule is O=C1c2ccccc2NC2(C(=O)Nc3cc(O)ccc32)N1c1ccc(F)cc1Cl. The first-order chi connectivity index (χ1) is 13.9. The number of carbonyl (C=O) groups is 2. The van der Waals surface area contributed by atoms with Crippen molar-refractivity contribution in [1.82, 2.24) is 0 Å². The zero-order valence-corrected chi connectivity index (χ0v) is 15.5. The fourth-order valence-electron chi connectivity index (χ4n) is 3.89. The van der Waals surface area contributed by atoms with Crippen molar-refractivity contribution in [1.29, 1.82) is 0 Å². The van der Waals surface area contributed by atoms with Crippen LogP contribution in [-0.4, -0.2) is 16.9 Å². The van der Waals surface area contributed by atoms with Crippen LogP contribution in [0.15, 0.2) is 60.7 Å². The van der Waals surface area contributed by atoms with Crippen LogP contribution < -0.4 is 15.5 Å². The van der Waals surface area contributed by atoms with Crippen molar-refractivity contribution in [2.24, 2.45) is 0 Å². The van der Waals surface area contributed by atoms with Crippen LogP contribution in [0.4, 0.5) is 21.5 Å². The first-order valence-corrected chi connectivity index (χ1v) is 9.11. The second-order valence-corrected chi connectivity index (χ2v) is 7.21. The Morgan fingerprint density at radius 1 is 1.00 bits per heavy atom. The van der Waals surface area contributed by atoms with Crippen molar-refractivity contribution in [3.63, 3.8) is 0 Å². The van der Waals surface area contributed by atoms with E-state index in [-0.39, 0.29) is 16.5 Å². The van der Waals surface area contributed by atoms with Crippen LogP contribution in [0.25, 0.3) is 0 Å². The number of nitrogens with one attached hydrogen (secondary N) is 2. The molecule has 0 radical (unpaired) electrons. The maximum absolute atomic E-state index is 13.7. The lowest BCUT2D eigenvalue weighted by molar-refractivity contribution is -0.119. The normalized spacial score (nSPS) is 19.6. The van der Waals surface area contributed by atoms with Gasteiger partial charge >= 0.3 is 0 Å². The van der Waals surface area contributed by atoms with Crippen LogP contribution in [0.2, 0.25) is 5.02 Å². The summed E-state index contributed by atoms with van der Waals surface area (Å²) in [5.74, 6) is -1.59. The number of nitrogens with zero attached hydrogens (tertiary/aromatic N) is 1. The number of aromatic hydroxyl groups is 1. The molecule has 1 unspecified atom stereocenters. The Morgan fingerprint density at radius 3 is 2.59 bits per heavy atom. The molecule has 144 valence electrons. The molecule has 29 heavy (non-hydrogen) atoms. The van der Waals surface area contributed by atoms with Crippen molar-refractivity contribution >= 4 is 40.5 Å². The average Bonchev–Trinajstić information content (AvgIpc) is 2.94. The van der Waals surface area contributed by atoms with Gasteiger partial charge in [-0.15, -0.1) is 0 Å². The van der Waals surface area contributed by atoms with E-state index in [2.05, 4.69) is 10.6 Å². The van der Waals surface area contributed by atoms with Crippen molar-refractivity contribution in [3.05, 3.63) is 82.6 Å². The smallest absolute Gasteiger partial charge is 0.276 e. The maximum atomic E-state index is 13.7. The molecule has 0 aromatic heterocycles. The Hall–Kier alpha value is -3.58. The molecule has 3 aromatic rings. The number of para-hydroxylation sites is 1. The highest BCUT2D eigenvalue weighted by molar-refractivity contribution is 6.35. The summed E-state index contributed by atoms with van der Waals surface area (Å²) in [7, 11) is 0. The van der Waals surface area contributed by atoms with E-state index in [1.807, 2.05) is 0 Å². The molecule has 8 heteroatoms. The summed E-state index contributed by atoms with van der Waals surface area (Å²) < 4.78 is 13.7. The number of rotatable bonds is 1. The van der Waals surface area contributed by atoms with Crippen LogP contribution in [0.3, 0.4) is 0 Å². The number of fused-ring (bicyclic) bond motifs is 3. The van der Waals surface area contributed by atoms with Crippen LogP contribution >= 0.6 is 11.6 Å². The van der Waals surface area contributed by atoms with Gasteiger partial charge in [-0.2, -0.15) is 0 Å². The summed E-state index contributed by atoms with van der Waals surface area (Å²) in [6.45, 7) is 0. The predicted molar refractivity (Wildman–Crippen MR) is 107 cm³/mol. The van der Waals surface area contributed by atoms with Crippen LogP contribution in [0.1, 0.15) is 15.9 Å². The first-order valence-electron chi connectivity index (χ1n) is 8.73. The van der Waals surface area contributed by atoms with E-state index in [1.165, 1.54) is 29.2 Å². The summed E-state index contributed by atoms with van der Waals surface area (Å²) in [5.41, 5.74) is 0.134. The number of halogens is 2. The molecule has 0 fully saturated rings. The van der Waals surface area contributed by atoms with Gasteiger partial charge in [-0.25, -0.2) is 4.39 Å². The second kappa shape index (κ2) is 5.96. The molecule has 0 saturated carbocycles. The number of carbonyl (C=O) groups excluding carboxylic acids is 2. The molecular formula is C21H13ClFN3O3. The number of phenolic OH excluding ortho intramolecular Hbond substituents is 1. The molecule has 6 nitrogen and oxygen atoms in total. The number of anilines is 3. The van der Waals surface area contributed by atoms with Crippen LogP contribution in [0.5, 0.6) is 5.75 Å². The van der Waals surface area contributed by atoms with E-state index < -0.39 is 23.3 Å². The van der Waals surface area contributed by atoms with Gasteiger partial charge in [0.05, 0.1) is 22.0 Å². The van der Waals surface area contributed by atoms with Gasteiger partial charge in [0.2, 0.25) is 5.66 Å². The first kappa shape index (κ1) is 17.5. The molecule has 1 atom stereocenters. The lowest BCUT2D eigenvalue weighted by Crippen LogP contribution is -2.61. The Bertz CT molecular complexity index is 1220. The number of hydrogen-bond donors (Lipinski definition) is 3. The Kier molecular flexibility index (Phi) is 3.60. The molecule has 2 aliphatic rings. The minimum absolute atomic E-state index is 0.0149. The topological polar surface area (TPSA) is 81.7 Å². The van der Waals surface area contributed by atoms with Crippen LogP contribution in [0, 0.1) is 5.82 Å². The number of hydrogen-bond acceptors (Lipinski definition) is 4. The van der Waals surface area contributed by atoms with Gasteiger partial charge in [0, 0.05) is 17.3 Å². The van der Waals surface area contributed by atoms with Gasteiger partial charge in [0.1, 0.15) is 11.6 Å². The van der Waals surface area contributed by atoms with Gasteiger partial charge in [0.25, 0.3) is 11.8 Å². The molecular weight excluding hydrogens is 397 g/mol. The van der Waals surface area contributed by atoms with Crippen molar-refractivity contribution in [3.8, 4) is 5.75 Å². The number of amides is 2. The summed E-state index contributed by atoms with van der Waals surface area (Å²) in [4.78, 5) is 28.0. The third-order valence-corrected chi connectivity index (χ3v) is 5.43. The Labute approximate surface area is 169 Å². The minimum atomic E-state index is -1.66. The quantitative estimate of drug-likeness (QED) is 0.566. The van der Waals surface area contributed by atoms with Gasteiger partial charge in [-0.3, -0.25) is 14.5 Å². The molecule has 1 spiro atoms. The van der Waals surface area contributed by atoms with Gasteiger partial charge in [0.15, 0.2) is 0 Å². The Balaban J connectivity index is 1.83. The highest BCUT2D eigenvalue weighted by Gasteiger charge is 2.57. The van der Waals surface area contributed by atoms with Gasteiger partial charge < -0.3 is 15.7 Å². The zero-order chi connectivity index (χ0) is 20.3. The summed E-state index contributed by atoms with van der Waals surface area (Å²) in [5, 5.41) is 15.7. The van der Waals surface area contributed by atoms with Crippen LogP contribution in [-0.2, 0) is 10.5 Å². The third-order valence-electron chi connectivity index (χ3n) is 5.13. The lowest BCUT2D eigenvalue weighted by Gasteiger charge is -2.44. The predicted octanol–water partition coefficient (Wildman–Crippen LogP) is 4.06.